The average Bonchev–Trinajstić information content (AvgIpc) is 2.34. The Morgan fingerprint density at radius 2 is 2.10 bits per heavy atom. The Kier molecular flexibility index (Phi) is 6.61. The van der Waals surface area contributed by atoms with Crippen molar-refractivity contribution in [1.82, 2.24) is 5.32 Å². The third-order valence-corrected chi connectivity index (χ3v) is 2.95. The maximum Gasteiger partial charge on any atom is 0.303 e. The highest BCUT2D eigenvalue weighted by molar-refractivity contribution is 6.35. The Morgan fingerprint density at radius 1 is 1.40 bits per heavy atom. The molecule has 1 aromatic rings. The van der Waals surface area contributed by atoms with Gasteiger partial charge in [-0.05, 0) is 24.1 Å². The molecule has 0 bridgehead atoms. The van der Waals surface area contributed by atoms with Gasteiger partial charge in [0.25, 0.3) is 5.91 Å². The SMILES string of the molecule is CC(CNC(=O)COc1ccc(Cl)cc1Cl)CC(=O)O. The zero-order valence-corrected chi connectivity index (χ0v) is 12.4. The smallest absolute Gasteiger partial charge is 0.303 e. The van der Waals surface area contributed by atoms with E-state index in [0.717, 1.165) is 0 Å². The van der Waals surface area contributed by atoms with E-state index in [1.54, 1.807) is 19.1 Å². The van der Waals surface area contributed by atoms with Crippen LogP contribution in [0.1, 0.15) is 13.3 Å². The van der Waals surface area contributed by atoms with Gasteiger partial charge in [-0.3, -0.25) is 9.59 Å². The molecule has 1 amide bonds. The topological polar surface area (TPSA) is 75.6 Å². The lowest BCUT2D eigenvalue weighted by atomic mass is 10.1. The van der Waals surface area contributed by atoms with E-state index in [2.05, 4.69) is 5.32 Å². The van der Waals surface area contributed by atoms with Crippen molar-refractivity contribution >= 4 is 35.1 Å². The van der Waals surface area contributed by atoms with Gasteiger partial charge >= 0.3 is 5.97 Å². The second kappa shape index (κ2) is 7.97. The minimum Gasteiger partial charge on any atom is -0.482 e. The predicted octanol–water partition coefficient (Wildman–Crippen LogP) is 2.60. The van der Waals surface area contributed by atoms with Gasteiger partial charge in [0.05, 0.1) is 5.02 Å². The van der Waals surface area contributed by atoms with E-state index >= 15 is 0 Å². The first-order chi connectivity index (χ1) is 9.38. The van der Waals surface area contributed by atoms with Crippen LogP contribution in [-0.4, -0.2) is 30.1 Å². The Hall–Kier alpha value is -1.46. The maximum absolute atomic E-state index is 11.5. The molecule has 0 saturated carbocycles. The van der Waals surface area contributed by atoms with E-state index in [0.29, 0.717) is 15.8 Å². The molecule has 0 radical (unpaired) electrons. The van der Waals surface area contributed by atoms with Crippen LogP contribution in [-0.2, 0) is 9.59 Å². The van der Waals surface area contributed by atoms with Crippen LogP contribution >= 0.6 is 23.2 Å². The minimum atomic E-state index is -0.893. The van der Waals surface area contributed by atoms with Gasteiger partial charge in [0, 0.05) is 18.0 Å². The van der Waals surface area contributed by atoms with Crippen LogP contribution < -0.4 is 10.1 Å². The van der Waals surface area contributed by atoms with E-state index in [1.165, 1.54) is 6.07 Å². The summed E-state index contributed by atoms with van der Waals surface area (Å²) >= 11 is 11.6. The number of halogens is 2. The van der Waals surface area contributed by atoms with Gasteiger partial charge in [-0.2, -0.15) is 0 Å². The van der Waals surface area contributed by atoms with Gasteiger partial charge in [-0.1, -0.05) is 30.1 Å². The third-order valence-electron chi connectivity index (χ3n) is 2.42. The molecule has 0 aliphatic carbocycles. The highest BCUT2D eigenvalue weighted by atomic mass is 35.5. The molecule has 1 rings (SSSR count). The largest absolute Gasteiger partial charge is 0.482 e. The summed E-state index contributed by atoms with van der Waals surface area (Å²) in [6.45, 7) is 1.83. The maximum atomic E-state index is 11.5. The van der Waals surface area contributed by atoms with Gasteiger partial charge in [0.15, 0.2) is 6.61 Å². The van der Waals surface area contributed by atoms with Crippen molar-refractivity contribution in [2.24, 2.45) is 5.92 Å². The molecule has 0 heterocycles. The highest BCUT2D eigenvalue weighted by Crippen LogP contribution is 2.27. The number of ether oxygens (including phenoxy) is 1. The summed E-state index contributed by atoms with van der Waals surface area (Å²) in [6, 6.07) is 4.70. The van der Waals surface area contributed by atoms with E-state index in [-0.39, 0.29) is 31.4 Å². The van der Waals surface area contributed by atoms with Gasteiger partial charge in [-0.15, -0.1) is 0 Å². The lowest BCUT2D eigenvalue weighted by molar-refractivity contribution is -0.138. The lowest BCUT2D eigenvalue weighted by Crippen LogP contribution is -2.33. The van der Waals surface area contributed by atoms with Crippen molar-refractivity contribution in [1.29, 1.82) is 0 Å². The quantitative estimate of drug-likeness (QED) is 0.810. The van der Waals surface area contributed by atoms with Crippen molar-refractivity contribution in [3.63, 3.8) is 0 Å². The Balaban J connectivity index is 2.34. The molecular formula is C13H15Cl2NO4. The first-order valence-electron chi connectivity index (χ1n) is 5.95. The van der Waals surface area contributed by atoms with Crippen LogP contribution in [0.5, 0.6) is 5.75 Å². The number of carboxylic acids is 1. The molecule has 0 aliphatic rings. The van der Waals surface area contributed by atoms with Crippen LogP contribution in [0, 0.1) is 5.92 Å². The van der Waals surface area contributed by atoms with E-state index in [9.17, 15) is 9.59 Å². The summed E-state index contributed by atoms with van der Waals surface area (Å²) in [5.41, 5.74) is 0. The number of benzene rings is 1. The van der Waals surface area contributed by atoms with E-state index < -0.39 is 5.97 Å². The summed E-state index contributed by atoms with van der Waals surface area (Å²) in [6.07, 6.45) is 0.00412. The van der Waals surface area contributed by atoms with Gasteiger partial charge in [0.2, 0.25) is 0 Å². The summed E-state index contributed by atoms with van der Waals surface area (Å²) in [5, 5.41) is 12.0. The number of hydrogen-bond donors (Lipinski definition) is 2. The fraction of sp³-hybridized carbons (Fsp3) is 0.385. The molecule has 1 unspecified atom stereocenters. The summed E-state index contributed by atoms with van der Waals surface area (Å²) in [4.78, 5) is 22.0. The van der Waals surface area contributed by atoms with Crippen LogP contribution in [0.3, 0.4) is 0 Å². The Bertz CT molecular complexity index is 493. The fourth-order valence-electron chi connectivity index (χ4n) is 1.44. The summed E-state index contributed by atoms with van der Waals surface area (Å²) in [7, 11) is 0. The average molecular weight is 320 g/mol. The van der Waals surface area contributed by atoms with Crippen molar-refractivity contribution in [2.45, 2.75) is 13.3 Å². The molecule has 1 atom stereocenters. The molecule has 0 aromatic heterocycles. The Morgan fingerprint density at radius 3 is 2.70 bits per heavy atom. The van der Waals surface area contributed by atoms with E-state index in [4.69, 9.17) is 33.0 Å². The standard InChI is InChI=1S/C13H15Cl2NO4/c1-8(4-13(18)19)6-16-12(17)7-20-11-3-2-9(14)5-10(11)15/h2-3,5,8H,4,6-7H2,1H3,(H,16,17)(H,18,19). The van der Waals surface area contributed by atoms with Crippen LogP contribution in [0.2, 0.25) is 10.0 Å². The number of aliphatic carboxylic acids is 1. The Labute approximate surface area is 126 Å². The number of carbonyl (C=O) groups is 2. The molecule has 7 heteroatoms. The first-order valence-corrected chi connectivity index (χ1v) is 6.70. The number of hydrogen-bond acceptors (Lipinski definition) is 3. The number of carbonyl (C=O) groups excluding carboxylic acids is 1. The third kappa shape index (κ3) is 6.12. The summed E-state index contributed by atoms with van der Waals surface area (Å²) < 4.78 is 5.25. The lowest BCUT2D eigenvalue weighted by Gasteiger charge is -2.11. The van der Waals surface area contributed by atoms with Crippen molar-refractivity contribution < 1.29 is 19.4 Å². The molecule has 1 aromatic carbocycles. The highest BCUT2D eigenvalue weighted by Gasteiger charge is 2.10. The molecule has 0 saturated heterocycles. The second-order valence-electron chi connectivity index (χ2n) is 4.37. The molecule has 110 valence electrons. The van der Waals surface area contributed by atoms with Crippen molar-refractivity contribution in [3.8, 4) is 5.75 Å². The van der Waals surface area contributed by atoms with Gasteiger partial charge in [-0.25, -0.2) is 0 Å². The fourth-order valence-corrected chi connectivity index (χ4v) is 1.91. The van der Waals surface area contributed by atoms with Crippen LogP contribution in [0.25, 0.3) is 0 Å². The zero-order valence-electron chi connectivity index (χ0n) is 10.9. The number of amides is 1. The molecule has 0 fully saturated rings. The van der Waals surface area contributed by atoms with Gasteiger partial charge in [0.1, 0.15) is 5.75 Å². The first kappa shape index (κ1) is 16.6. The molecule has 20 heavy (non-hydrogen) atoms. The predicted molar refractivity (Wildman–Crippen MR) is 76.4 cm³/mol. The van der Waals surface area contributed by atoms with Gasteiger partial charge < -0.3 is 15.2 Å². The zero-order chi connectivity index (χ0) is 15.1. The molecule has 0 aliphatic heterocycles. The molecule has 2 N–H and O–H groups in total. The van der Waals surface area contributed by atoms with Crippen LogP contribution in [0.15, 0.2) is 18.2 Å². The van der Waals surface area contributed by atoms with Crippen LogP contribution in [0.4, 0.5) is 0 Å². The van der Waals surface area contributed by atoms with Crippen molar-refractivity contribution in [2.75, 3.05) is 13.2 Å². The second-order valence-corrected chi connectivity index (χ2v) is 5.21. The number of nitrogens with one attached hydrogen (secondary N) is 1. The van der Waals surface area contributed by atoms with Crippen molar-refractivity contribution in [3.05, 3.63) is 28.2 Å². The number of rotatable bonds is 7. The monoisotopic (exact) mass is 319 g/mol. The minimum absolute atomic E-state index is 0.00412. The molecular weight excluding hydrogens is 305 g/mol. The molecule has 5 nitrogen and oxygen atoms in total. The number of carboxylic acid groups (broad SMARTS) is 1. The summed E-state index contributed by atoms with van der Waals surface area (Å²) in [5.74, 6) is -1.01. The van der Waals surface area contributed by atoms with E-state index in [1.807, 2.05) is 0 Å². The normalized spacial score (nSPS) is 11.8. The molecule has 0 spiro atoms.